The molecule has 3 N–H and O–H groups in total. The number of esters is 4. The summed E-state index contributed by atoms with van der Waals surface area (Å²) in [6, 6.07) is 0. The Hall–Kier alpha value is -1.94. The molecule has 0 aliphatic heterocycles. The van der Waals surface area contributed by atoms with Crippen LogP contribution in [-0.2, 0) is 65.4 Å². The summed E-state index contributed by atoms with van der Waals surface area (Å²) < 4.78 is 67.9. The van der Waals surface area contributed by atoms with E-state index in [0.717, 1.165) is 102 Å². The van der Waals surface area contributed by atoms with Crippen LogP contribution in [0, 0.1) is 23.7 Å². The third kappa shape index (κ3) is 55.9. The van der Waals surface area contributed by atoms with Crippen molar-refractivity contribution in [2.75, 3.05) is 39.6 Å². The molecule has 0 radical (unpaired) electrons. The molecule has 0 aliphatic rings. The topological polar surface area (TPSA) is 237 Å². The molecule has 0 aromatic rings. The molecule has 0 heterocycles. The van der Waals surface area contributed by atoms with Gasteiger partial charge in [-0.25, -0.2) is 9.13 Å². The van der Waals surface area contributed by atoms with Crippen molar-refractivity contribution in [3.05, 3.63) is 0 Å². The van der Waals surface area contributed by atoms with Crippen molar-refractivity contribution >= 4 is 39.5 Å². The van der Waals surface area contributed by atoms with Crippen LogP contribution in [0.5, 0.6) is 0 Å². The van der Waals surface area contributed by atoms with Crippen LogP contribution >= 0.6 is 15.6 Å². The first-order valence-corrected chi connectivity index (χ1v) is 35.7. The highest BCUT2D eigenvalue weighted by molar-refractivity contribution is 7.47. The smallest absolute Gasteiger partial charge is 0.462 e. The second-order valence-electron chi connectivity index (χ2n) is 24.5. The molecule has 0 fully saturated rings. The second-order valence-corrected chi connectivity index (χ2v) is 27.4. The van der Waals surface area contributed by atoms with E-state index < -0.39 is 97.5 Å². The van der Waals surface area contributed by atoms with Gasteiger partial charge in [-0.2, -0.15) is 0 Å². The average molecular weight is 1210 g/mol. The molecule has 486 valence electrons. The molecular weight excluding hydrogens is 1090 g/mol. The minimum absolute atomic E-state index is 0.101. The van der Waals surface area contributed by atoms with Crippen LogP contribution < -0.4 is 0 Å². The van der Waals surface area contributed by atoms with Crippen molar-refractivity contribution in [1.29, 1.82) is 0 Å². The van der Waals surface area contributed by atoms with Gasteiger partial charge in [0.15, 0.2) is 12.2 Å². The predicted octanol–water partition coefficient (Wildman–Crippen LogP) is 17.0. The van der Waals surface area contributed by atoms with E-state index in [2.05, 4.69) is 55.4 Å². The number of rotatable bonds is 60. The fourth-order valence-electron chi connectivity index (χ4n) is 9.22. The van der Waals surface area contributed by atoms with Gasteiger partial charge in [-0.3, -0.25) is 37.3 Å². The normalized spacial score (nSPS) is 14.8. The number of carbonyl (C=O) groups excluding carboxylic acids is 4. The van der Waals surface area contributed by atoms with E-state index in [-0.39, 0.29) is 25.7 Å². The maximum atomic E-state index is 13.0. The molecular formula is C63H122O17P2. The molecule has 82 heavy (non-hydrogen) atoms. The quantitative estimate of drug-likeness (QED) is 0.0222. The first-order chi connectivity index (χ1) is 39.1. The lowest BCUT2D eigenvalue weighted by Crippen LogP contribution is -2.30. The highest BCUT2D eigenvalue weighted by atomic mass is 31.2. The summed E-state index contributed by atoms with van der Waals surface area (Å²) >= 11 is 0. The predicted molar refractivity (Wildman–Crippen MR) is 326 cm³/mol. The van der Waals surface area contributed by atoms with Crippen LogP contribution in [-0.4, -0.2) is 96.7 Å². The molecule has 0 aliphatic carbocycles. The molecule has 19 heteroatoms. The lowest BCUT2D eigenvalue weighted by Gasteiger charge is -2.21. The van der Waals surface area contributed by atoms with Gasteiger partial charge in [-0.05, 0) is 49.4 Å². The highest BCUT2D eigenvalue weighted by Gasteiger charge is 2.30. The van der Waals surface area contributed by atoms with Crippen molar-refractivity contribution in [1.82, 2.24) is 0 Å². The van der Waals surface area contributed by atoms with Gasteiger partial charge < -0.3 is 33.8 Å². The summed E-state index contributed by atoms with van der Waals surface area (Å²) in [4.78, 5) is 72.1. The van der Waals surface area contributed by atoms with Gasteiger partial charge in [0.05, 0.1) is 26.4 Å². The number of aliphatic hydroxyl groups is 1. The molecule has 0 rings (SSSR count). The Morgan fingerprint density at radius 2 is 0.585 bits per heavy atom. The van der Waals surface area contributed by atoms with Gasteiger partial charge in [-0.1, -0.05) is 248 Å². The summed E-state index contributed by atoms with van der Waals surface area (Å²) in [5.41, 5.74) is 0. The van der Waals surface area contributed by atoms with Crippen molar-refractivity contribution in [3.63, 3.8) is 0 Å². The standard InChI is InChI=1S/C63H122O17P2/c1-9-56(8)42-34-26-16-12-10-11-13-17-27-35-43-60(65)73-49-59(80-63(68)46-38-30-22-20-25-33-41-55(6)7)52-78-82(71,72)76-48-57(64)47-75-81(69,70)77-51-58(50-74-61(66)44-36-28-21-19-24-32-40-54(4)5)79-62(67)45-37-29-18-14-15-23-31-39-53(2)3/h53-59,64H,9-52H2,1-8H3,(H,69,70)(H,71,72)/t56?,57-,58+,59+/m0/s1. The Kier molecular flexibility index (Phi) is 52.0. The Bertz CT molecular complexity index is 1650. The Labute approximate surface area is 498 Å². The van der Waals surface area contributed by atoms with E-state index in [1.165, 1.54) is 96.3 Å². The first-order valence-electron chi connectivity index (χ1n) is 32.7. The molecule has 0 spiro atoms. The van der Waals surface area contributed by atoms with Crippen molar-refractivity contribution < 1.29 is 80.2 Å². The molecule has 17 nitrogen and oxygen atoms in total. The highest BCUT2D eigenvalue weighted by Crippen LogP contribution is 2.45. The zero-order chi connectivity index (χ0) is 61.1. The van der Waals surface area contributed by atoms with Gasteiger partial charge in [0.1, 0.15) is 19.3 Å². The van der Waals surface area contributed by atoms with Crippen LogP contribution in [0.1, 0.15) is 299 Å². The van der Waals surface area contributed by atoms with Gasteiger partial charge in [0.2, 0.25) is 0 Å². The second kappa shape index (κ2) is 53.3. The number of hydrogen-bond donors (Lipinski definition) is 3. The first kappa shape index (κ1) is 80.1. The van der Waals surface area contributed by atoms with Crippen molar-refractivity contribution in [2.24, 2.45) is 23.7 Å². The van der Waals surface area contributed by atoms with Crippen LogP contribution in [0.3, 0.4) is 0 Å². The molecule has 0 bridgehead atoms. The fourth-order valence-corrected chi connectivity index (χ4v) is 10.8. The van der Waals surface area contributed by atoms with Crippen molar-refractivity contribution in [2.45, 2.75) is 318 Å². The molecule has 6 atom stereocenters. The largest absolute Gasteiger partial charge is 0.472 e. The van der Waals surface area contributed by atoms with E-state index in [1.807, 2.05) is 0 Å². The van der Waals surface area contributed by atoms with Gasteiger partial charge in [0.25, 0.3) is 0 Å². The molecule has 0 saturated carbocycles. The summed E-state index contributed by atoms with van der Waals surface area (Å²) in [5.74, 6) is 0.707. The zero-order valence-corrected chi connectivity index (χ0v) is 54.9. The number of carbonyl (C=O) groups is 4. The minimum atomic E-state index is -4.94. The van der Waals surface area contributed by atoms with Crippen LogP contribution in [0.2, 0.25) is 0 Å². The molecule has 0 aromatic heterocycles. The lowest BCUT2D eigenvalue weighted by molar-refractivity contribution is -0.161. The third-order valence-electron chi connectivity index (χ3n) is 14.7. The molecule has 0 saturated heterocycles. The number of phosphoric acid groups is 2. The van der Waals surface area contributed by atoms with Crippen molar-refractivity contribution in [3.8, 4) is 0 Å². The van der Waals surface area contributed by atoms with E-state index in [1.54, 1.807) is 0 Å². The number of ether oxygens (including phenoxy) is 4. The van der Waals surface area contributed by atoms with E-state index in [0.29, 0.717) is 43.4 Å². The number of unbranched alkanes of at least 4 members (excludes halogenated alkanes) is 25. The lowest BCUT2D eigenvalue weighted by atomic mass is 9.99. The maximum Gasteiger partial charge on any atom is 0.472 e. The van der Waals surface area contributed by atoms with E-state index in [4.69, 9.17) is 37.0 Å². The summed E-state index contributed by atoms with van der Waals surface area (Å²) in [7, 11) is -9.89. The molecule has 0 aromatic carbocycles. The number of hydrogen-bond acceptors (Lipinski definition) is 15. The van der Waals surface area contributed by atoms with Gasteiger partial charge >= 0.3 is 39.5 Å². The number of aliphatic hydroxyl groups excluding tert-OH is 1. The average Bonchev–Trinajstić information content (AvgIpc) is 3.43. The molecule has 3 unspecified atom stereocenters. The zero-order valence-electron chi connectivity index (χ0n) is 53.1. The van der Waals surface area contributed by atoms with E-state index >= 15 is 0 Å². The van der Waals surface area contributed by atoms with Gasteiger partial charge in [-0.15, -0.1) is 0 Å². The molecule has 0 amide bonds. The monoisotopic (exact) mass is 1210 g/mol. The van der Waals surface area contributed by atoms with Gasteiger partial charge in [0, 0.05) is 25.7 Å². The van der Waals surface area contributed by atoms with E-state index in [9.17, 15) is 43.2 Å². The minimum Gasteiger partial charge on any atom is -0.462 e. The van der Waals surface area contributed by atoms with Crippen LogP contribution in [0.15, 0.2) is 0 Å². The third-order valence-corrected chi connectivity index (χ3v) is 16.6. The number of phosphoric ester groups is 2. The fraction of sp³-hybridized carbons (Fsp3) is 0.937. The Morgan fingerprint density at radius 3 is 0.866 bits per heavy atom. The maximum absolute atomic E-state index is 13.0. The Morgan fingerprint density at radius 1 is 0.341 bits per heavy atom. The summed E-state index contributed by atoms with van der Waals surface area (Å²) in [6.45, 7) is 13.9. The van der Waals surface area contributed by atoms with Crippen LogP contribution in [0.4, 0.5) is 0 Å². The summed E-state index contributed by atoms with van der Waals surface area (Å²) in [6.07, 6.45) is 32.5. The van der Waals surface area contributed by atoms with Crippen LogP contribution in [0.25, 0.3) is 0 Å². The Balaban J connectivity index is 5.22. The summed E-state index contributed by atoms with van der Waals surface area (Å²) in [5, 5.41) is 10.5. The SMILES string of the molecule is CCC(C)CCCCCCCCCCCCC(=O)OC[C@H](COP(=O)(O)OC[C@@H](O)COP(=O)(O)OC[C@@H](COC(=O)CCCCCCCCC(C)C)OC(=O)CCCCCCCCCC(C)C)OC(=O)CCCCCCCCC(C)C.